The number of phosphoric ester groups is 2. The number of aliphatic hydroxyl groups is 2. The Balaban J connectivity index is 4.72. The van der Waals surface area contributed by atoms with Crippen LogP contribution in [0.1, 0.15) is 265 Å². The first-order valence-electron chi connectivity index (χ1n) is 36.1. The molecule has 0 aliphatic rings. The van der Waals surface area contributed by atoms with E-state index in [2.05, 4.69) is 167 Å². The van der Waals surface area contributed by atoms with Crippen molar-refractivity contribution in [2.24, 2.45) is 0 Å². The predicted molar refractivity (Wildman–Crippen MR) is 389 cm³/mol. The molecule has 0 fully saturated rings. The molecule has 0 aromatic carbocycles. The lowest BCUT2D eigenvalue weighted by atomic mass is 10.0. The summed E-state index contributed by atoms with van der Waals surface area (Å²) in [5.74, 6) is -1.65. The highest BCUT2D eigenvalue weighted by Gasteiger charge is 2.29. The molecule has 0 radical (unpaired) electrons. The average Bonchev–Trinajstić information content (AvgIpc) is 1.93. The lowest BCUT2D eigenvalue weighted by Gasteiger charge is -2.21. The first-order valence-corrected chi connectivity index (χ1v) is 39.1. The van der Waals surface area contributed by atoms with E-state index in [0.717, 1.165) is 141 Å². The number of carbonyl (C=O) groups excluding carboxylic acids is 3. The fourth-order valence-corrected chi connectivity index (χ4v) is 10.7. The average molecular weight is 1370 g/mol. The van der Waals surface area contributed by atoms with Crippen LogP contribution in [0.2, 0.25) is 0 Å². The number of hydrogen-bond acceptors (Lipinski definition) is 14. The second-order valence-electron chi connectivity index (χ2n) is 23.6. The van der Waals surface area contributed by atoms with Crippen molar-refractivity contribution in [1.29, 1.82) is 0 Å². The first kappa shape index (κ1) is 90.4. The number of allylic oxidation sites excluding steroid dienone is 24. The third kappa shape index (κ3) is 70.6. The molecule has 0 aromatic rings. The molecule has 0 saturated carbocycles. The van der Waals surface area contributed by atoms with Gasteiger partial charge in [-0.25, -0.2) is 9.13 Å². The number of esters is 3. The fourth-order valence-electron chi connectivity index (χ4n) is 9.11. The van der Waals surface area contributed by atoms with E-state index in [9.17, 15) is 43.5 Å². The Kier molecular flexibility index (Phi) is 66.0. The monoisotopic (exact) mass is 1370 g/mol. The molecular formula is C77H128O16P2. The minimum atomic E-state index is -4.94. The highest BCUT2D eigenvalue weighted by Crippen LogP contribution is 2.45. The van der Waals surface area contributed by atoms with Crippen molar-refractivity contribution in [1.82, 2.24) is 0 Å². The molecule has 0 saturated heterocycles. The van der Waals surface area contributed by atoms with Crippen LogP contribution in [-0.4, -0.2) is 95.9 Å². The molecule has 5 unspecified atom stereocenters. The number of carbonyl (C=O) groups is 3. The summed E-state index contributed by atoms with van der Waals surface area (Å²) < 4.78 is 60.9. The Labute approximate surface area is 575 Å². The van der Waals surface area contributed by atoms with Crippen molar-refractivity contribution in [2.45, 2.75) is 283 Å². The Morgan fingerprint density at radius 1 is 0.305 bits per heavy atom. The van der Waals surface area contributed by atoms with Gasteiger partial charge in [-0.15, -0.1) is 0 Å². The van der Waals surface area contributed by atoms with Crippen LogP contribution >= 0.6 is 15.6 Å². The molecule has 0 amide bonds. The molecule has 0 bridgehead atoms. The zero-order chi connectivity index (χ0) is 69.5. The molecular weight excluding hydrogens is 1240 g/mol. The molecule has 0 aliphatic heterocycles. The van der Waals surface area contributed by atoms with Crippen molar-refractivity contribution >= 4 is 33.6 Å². The number of ether oxygens (including phenoxy) is 3. The number of rotatable bonds is 67. The molecule has 0 aromatic heterocycles. The second-order valence-corrected chi connectivity index (χ2v) is 26.5. The number of phosphoric acid groups is 2. The van der Waals surface area contributed by atoms with Crippen LogP contribution in [0.4, 0.5) is 0 Å². The summed E-state index contributed by atoms with van der Waals surface area (Å²) in [6.07, 6.45) is 83.2. The van der Waals surface area contributed by atoms with Gasteiger partial charge in [0.15, 0.2) is 6.10 Å². The molecule has 18 heteroatoms. The molecule has 0 spiro atoms. The van der Waals surface area contributed by atoms with E-state index in [1.54, 1.807) is 0 Å². The quantitative estimate of drug-likeness (QED) is 0.0146. The van der Waals surface area contributed by atoms with Crippen LogP contribution in [0.3, 0.4) is 0 Å². The Morgan fingerprint density at radius 3 is 0.905 bits per heavy atom. The van der Waals surface area contributed by atoms with Gasteiger partial charge in [0.1, 0.15) is 25.4 Å². The van der Waals surface area contributed by atoms with E-state index in [-0.39, 0.29) is 19.3 Å². The number of aliphatic hydroxyl groups excluding tert-OH is 2. The van der Waals surface area contributed by atoms with E-state index >= 15 is 0 Å². The maximum absolute atomic E-state index is 12.9. The molecule has 0 rings (SSSR count). The van der Waals surface area contributed by atoms with Crippen LogP contribution in [0.5, 0.6) is 0 Å². The molecule has 0 aliphatic carbocycles. The molecule has 542 valence electrons. The smallest absolute Gasteiger partial charge is 0.463 e. The standard InChI is InChI=1S/C77H128O16P2/c1-4-7-10-13-16-19-22-25-28-30-32-34-35-37-39-40-43-45-48-51-54-57-60-63-75(80)87-66-72(78)67-89-94(83,84)90-68-73(79)69-91-95(85,86)92-71-74(93-77(82)65-62-59-56-53-50-47-42-27-24-21-18-15-12-9-6-3)70-88-76(81)64-61-58-55-52-49-46-44-41-38-36-33-31-29-26-23-20-17-14-11-8-5-2/h7-8,10-11,16-17,19-20,25-26,28-29,32-34,36-37,39,41,43-45,49,52,72-74,78-79H,4-6,9,12-15,18,21-24,27,30-31,35,38,40,42,46-48,50-51,53-71H2,1-3H3,(H,83,84)(H,85,86)/b10-7-,11-8-,19-16-,20-17-,28-25-,29-26-,34-32-,36-33-,39-37-,44-41-,45-43-,52-49-. The molecule has 5 atom stereocenters. The Morgan fingerprint density at radius 2 is 0.558 bits per heavy atom. The molecule has 16 nitrogen and oxygen atoms in total. The molecule has 0 heterocycles. The van der Waals surface area contributed by atoms with Gasteiger partial charge in [0.25, 0.3) is 0 Å². The highest BCUT2D eigenvalue weighted by molar-refractivity contribution is 7.47. The number of unbranched alkanes of at least 4 members (excludes halogenated alkanes) is 20. The van der Waals surface area contributed by atoms with Crippen LogP contribution < -0.4 is 0 Å². The van der Waals surface area contributed by atoms with Crippen LogP contribution in [0.15, 0.2) is 146 Å². The lowest BCUT2D eigenvalue weighted by molar-refractivity contribution is -0.161. The zero-order valence-electron chi connectivity index (χ0n) is 58.8. The van der Waals surface area contributed by atoms with Crippen molar-refractivity contribution < 1.29 is 75.8 Å². The second kappa shape index (κ2) is 69.3. The van der Waals surface area contributed by atoms with Crippen molar-refractivity contribution in [3.05, 3.63) is 146 Å². The predicted octanol–water partition coefficient (Wildman–Crippen LogP) is 20.5. The van der Waals surface area contributed by atoms with E-state index in [1.807, 2.05) is 0 Å². The van der Waals surface area contributed by atoms with Crippen molar-refractivity contribution in [3.63, 3.8) is 0 Å². The van der Waals surface area contributed by atoms with Gasteiger partial charge in [0, 0.05) is 19.3 Å². The van der Waals surface area contributed by atoms with Crippen LogP contribution in [-0.2, 0) is 55.8 Å². The summed E-state index contributed by atoms with van der Waals surface area (Å²) in [4.78, 5) is 58.5. The van der Waals surface area contributed by atoms with Gasteiger partial charge in [-0.1, -0.05) is 269 Å². The van der Waals surface area contributed by atoms with Crippen LogP contribution in [0.25, 0.3) is 0 Å². The largest absolute Gasteiger partial charge is 0.472 e. The van der Waals surface area contributed by atoms with Gasteiger partial charge in [-0.3, -0.25) is 32.5 Å². The van der Waals surface area contributed by atoms with E-state index in [1.165, 1.54) is 64.2 Å². The minimum Gasteiger partial charge on any atom is -0.463 e. The summed E-state index contributed by atoms with van der Waals surface area (Å²) in [5.41, 5.74) is 0. The summed E-state index contributed by atoms with van der Waals surface area (Å²) in [5, 5.41) is 20.6. The summed E-state index contributed by atoms with van der Waals surface area (Å²) in [6, 6.07) is 0. The summed E-state index contributed by atoms with van der Waals surface area (Å²) in [6.45, 7) is 2.36. The third-order valence-electron chi connectivity index (χ3n) is 14.6. The summed E-state index contributed by atoms with van der Waals surface area (Å²) in [7, 11) is -9.81. The highest BCUT2D eigenvalue weighted by atomic mass is 31.2. The van der Waals surface area contributed by atoms with E-state index < -0.39 is 91.5 Å². The van der Waals surface area contributed by atoms with Gasteiger partial charge in [0.2, 0.25) is 0 Å². The van der Waals surface area contributed by atoms with Gasteiger partial charge in [-0.05, 0) is 122 Å². The van der Waals surface area contributed by atoms with E-state index in [0.29, 0.717) is 19.3 Å². The third-order valence-corrected chi connectivity index (χ3v) is 16.5. The van der Waals surface area contributed by atoms with E-state index in [4.69, 9.17) is 32.3 Å². The molecule has 95 heavy (non-hydrogen) atoms. The lowest BCUT2D eigenvalue weighted by Crippen LogP contribution is -2.30. The Hall–Kier alpha value is -4.57. The van der Waals surface area contributed by atoms with Crippen molar-refractivity contribution in [2.75, 3.05) is 39.6 Å². The maximum Gasteiger partial charge on any atom is 0.472 e. The molecule has 4 N–H and O–H groups in total. The summed E-state index contributed by atoms with van der Waals surface area (Å²) >= 11 is 0. The first-order chi connectivity index (χ1) is 46.2. The minimum absolute atomic E-state index is 0.0930. The normalized spacial score (nSPS) is 15.0. The van der Waals surface area contributed by atoms with Gasteiger partial charge in [-0.2, -0.15) is 0 Å². The van der Waals surface area contributed by atoms with Gasteiger partial charge >= 0.3 is 33.6 Å². The Bertz CT molecular complexity index is 2310. The number of hydrogen-bond donors (Lipinski definition) is 4. The zero-order valence-corrected chi connectivity index (χ0v) is 60.6. The topological polar surface area (TPSA) is 231 Å². The van der Waals surface area contributed by atoms with Gasteiger partial charge < -0.3 is 34.2 Å². The van der Waals surface area contributed by atoms with Crippen LogP contribution in [0, 0.1) is 0 Å². The fraction of sp³-hybridized carbons (Fsp3) is 0.649. The van der Waals surface area contributed by atoms with Gasteiger partial charge in [0.05, 0.1) is 26.4 Å². The SMILES string of the molecule is CC/C=C\C/C=C\C/C=C\C/C=C\C/C=C\C/C=C\CCCCCCC(=O)OCC(O)COP(=O)(O)OCC(O)COP(=O)(O)OCC(COC(=O)CCCC/C=C\C/C=C\C/C=C\C/C=C\C/C=C\C/C=C\CC)OC(=O)CCCCCCCCCCCCCCCCC. The maximum atomic E-state index is 12.9. The van der Waals surface area contributed by atoms with Crippen molar-refractivity contribution in [3.8, 4) is 0 Å².